The number of sulfonamides is 1. The molecule has 0 aromatic heterocycles. The van der Waals surface area contributed by atoms with Crippen LogP contribution >= 0.6 is 0 Å². The number of carbonyl (C=O) groups excluding carboxylic acids is 1. The van der Waals surface area contributed by atoms with Crippen LogP contribution in [0.1, 0.15) is 29.3 Å². The highest BCUT2D eigenvalue weighted by Crippen LogP contribution is 2.14. The second kappa shape index (κ2) is 7.39. The fraction of sp³-hybridized carbons (Fsp3) is 0.235. The first-order valence-corrected chi connectivity index (χ1v) is 8.75. The molecule has 0 radical (unpaired) electrons. The van der Waals surface area contributed by atoms with Gasteiger partial charge in [0.15, 0.2) is 5.78 Å². The van der Waals surface area contributed by atoms with Crippen molar-refractivity contribution in [2.24, 2.45) is 0 Å². The maximum atomic E-state index is 12.2. The van der Waals surface area contributed by atoms with Gasteiger partial charge in [-0.2, -0.15) is 0 Å². The van der Waals surface area contributed by atoms with E-state index in [1.165, 1.54) is 19.1 Å². The predicted octanol–water partition coefficient (Wildman–Crippen LogP) is 2.51. The zero-order valence-corrected chi connectivity index (χ0v) is 13.6. The fourth-order valence-electron chi connectivity index (χ4n) is 2.18. The summed E-state index contributed by atoms with van der Waals surface area (Å²) in [7, 11) is -3.63. The van der Waals surface area contributed by atoms with E-state index < -0.39 is 10.0 Å². The van der Waals surface area contributed by atoms with Gasteiger partial charge in [0.2, 0.25) is 10.0 Å². The molecule has 0 aliphatic rings. The van der Waals surface area contributed by atoms with Gasteiger partial charge in [0.05, 0.1) is 4.90 Å². The number of phenols is 1. The molecule has 0 unspecified atom stereocenters. The van der Waals surface area contributed by atoms with Crippen LogP contribution in [-0.2, 0) is 16.4 Å². The molecule has 0 heterocycles. The number of carbonyl (C=O) groups is 1. The van der Waals surface area contributed by atoms with Crippen LogP contribution in [0.5, 0.6) is 5.75 Å². The van der Waals surface area contributed by atoms with Crippen LogP contribution in [0.4, 0.5) is 0 Å². The van der Waals surface area contributed by atoms with Crippen LogP contribution in [0, 0.1) is 0 Å². The highest BCUT2D eigenvalue weighted by atomic mass is 32.2. The normalized spacial score (nSPS) is 11.3. The first kappa shape index (κ1) is 17.2. The lowest BCUT2D eigenvalue weighted by molar-refractivity contribution is 0.101. The van der Waals surface area contributed by atoms with Crippen molar-refractivity contribution in [2.45, 2.75) is 24.7 Å². The second-order valence-corrected chi connectivity index (χ2v) is 7.02. The van der Waals surface area contributed by atoms with E-state index in [-0.39, 0.29) is 23.0 Å². The number of ketones is 1. The van der Waals surface area contributed by atoms with Crippen molar-refractivity contribution in [3.63, 3.8) is 0 Å². The molecule has 5 nitrogen and oxygen atoms in total. The molecule has 0 aliphatic carbocycles. The molecule has 122 valence electrons. The first-order valence-electron chi connectivity index (χ1n) is 7.27. The summed E-state index contributed by atoms with van der Waals surface area (Å²) >= 11 is 0. The lowest BCUT2D eigenvalue weighted by Crippen LogP contribution is -2.25. The fourth-order valence-corrected chi connectivity index (χ4v) is 3.30. The molecule has 0 bridgehead atoms. The van der Waals surface area contributed by atoms with Gasteiger partial charge >= 0.3 is 0 Å². The van der Waals surface area contributed by atoms with Gasteiger partial charge in [0.25, 0.3) is 0 Å². The molecule has 0 saturated heterocycles. The third-order valence-electron chi connectivity index (χ3n) is 3.40. The molecule has 6 heteroatoms. The Bertz CT molecular complexity index is 800. The van der Waals surface area contributed by atoms with Gasteiger partial charge < -0.3 is 5.11 Å². The molecule has 0 aliphatic heterocycles. The molecule has 2 N–H and O–H groups in total. The molecular formula is C17H19NO4S. The van der Waals surface area contributed by atoms with E-state index in [9.17, 15) is 18.3 Å². The standard InChI is InChI=1S/C17H19NO4S/c1-13(19)15-7-3-9-17(12-15)23(21,22)18-10-4-6-14-5-2-8-16(20)11-14/h2-3,5,7-9,11-12,18,20H,4,6,10H2,1H3. The van der Waals surface area contributed by atoms with Crippen molar-refractivity contribution in [3.8, 4) is 5.75 Å². The molecule has 0 saturated carbocycles. The van der Waals surface area contributed by atoms with Gasteiger partial charge in [-0.25, -0.2) is 13.1 Å². The summed E-state index contributed by atoms with van der Waals surface area (Å²) in [5.41, 5.74) is 1.32. The Kier molecular flexibility index (Phi) is 5.52. The van der Waals surface area contributed by atoms with Gasteiger partial charge in [0.1, 0.15) is 5.75 Å². The van der Waals surface area contributed by atoms with Crippen molar-refractivity contribution in [1.82, 2.24) is 4.72 Å². The SMILES string of the molecule is CC(=O)c1cccc(S(=O)(=O)NCCCc2cccc(O)c2)c1. The highest BCUT2D eigenvalue weighted by molar-refractivity contribution is 7.89. The van der Waals surface area contributed by atoms with E-state index in [0.29, 0.717) is 18.4 Å². The van der Waals surface area contributed by atoms with Crippen molar-refractivity contribution in [2.75, 3.05) is 6.54 Å². The van der Waals surface area contributed by atoms with Crippen molar-refractivity contribution >= 4 is 15.8 Å². The average Bonchev–Trinajstić information content (AvgIpc) is 2.52. The smallest absolute Gasteiger partial charge is 0.240 e. The number of aromatic hydroxyl groups is 1. The zero-order chi connectivity index (χ0) is 16.9. The molecule has 0 amide bonds. The Morgan fingerprint density at radius 1 is 1.13 bits per heavy atom. The molecule has 2 aromatic carbocycles. The summed E-state index contributed by atoms with van der Waals surface area (Å²) in [6.45, 7) is 1.68. The number of hydrogen-bond donors (Lipinski definition) is 2. The minimum atomic E-state index is -3.63. The Balaban J connectivity index is 1.94. The number of nitrogens with one attached hydrogen (secondary N) is 1. The van der Waals surface area contributed by atoms with E-state index in [1.807, 2.05) is 6.07 Å². The van der Waals surface area contributed by atoms with Gasteiger partial charge in [-0.1, -0.05) is 24.3 Å². The van der Waals surface area contributed by atoms with E-state index >= 15 is 0 Å². The molecule has 23 heavy (non-hydrogen) atoms. The summed E-state index contributed by atoms with van der Waals surface area (Å²) in [6, 6.07) is 12.9. The number of rotatable bonds is 7. The second-order valence-electron chi connectivity index (χ2n) is 5.26. The summed E-state index contributed by atoms with van der Waals surface area (Å²) in [5, 5.41) is 9.38. The summed E-state index contributed by atoms with van der Waals surface area (Å²) in [4.78, 5) is 11.4. The first-order chi connectivity index (χ1) is 10.9. The molecular weight excluding hydrogens is 314 g/mol. The summed E-state index contributed by atoms with van der Waals surface area (Å²) in [5.74, 6) is 0.0232. The molecule has 0 atom stereocenters. The summed E-state index contributed by atoms with van der Waals surface area (Å²) in [6.07, 6.45) is 1.26. The zero-order valence-electron chi connectivity index (χ0n) is 12.8. The minimum absolute atomic E-state index is 0.0857. The maximum Gasteiger partial charge on any atom is 0.240 e. The quantitative estimate of drug-likeness (QED) is 0.602. The van der Waals surface area contributed by atoms with Crippen molar-refractivity contribution in [3.05, 3.63) is 59.7 Å². The third kappa shape index (κ3) is 4.91. The Hall–Kier alpha value is -2.18. The van der Waals surface area contributed by atoms with E-state index in [0.717, 1.165) is 5.56 Å². The Morgan fingerprint density at radius 2 is 1.87 bits per heavy atom. The number of Topliss-reactive ketones (excluding diaryl/α,β-unsaturated/α-hetero) is 1. The number of hydrogen-bond acceptors (Lipinski definition) is 4. The lowest BCUT2D eigenvalue weighted by Gasteiger charge is -2.08. The van der Waals surface area contributed by atoms with Crippen LogP contribution in [-0.4, -0.2) is 25.9 Å². The van der Waals surface area contributed by atoms with Crippen LogP contribution in [0.25, 0.3) is 0 Å². The predicted molar refractivity (Wildman–Crippen MR) is 88.1 cm³/mol. The van der Waals surface area contributed by atoms with Crippen LogP contribution < -0.4 is 4.72 Å². The van der Waals surface area contributed by atoms with Crippen molar-refractivity contribution in [1.29, 1.82) is 0 Å². The van der Waals surface area contributed by atoms with Crippen molar-refractivity contribution < 1.29 is 18.3 Å². The van der Waals surface area contributed by atoms with Gasteiger partial charge in [-0.15, -0.1) is 0 Å². The van der Waals surface area contributed by atoms with Gasteiger partial charge in [-0.05, 0) is 49.6 Å². The van der Waals surface area contributed by atoms with Crippen LogP contribution in [0.3, 0.4) is 0 Å². The van der Waals surface area contributed by atoms with Crippen LogP contribution in [0.15, 0.2) is 53.4 Å². The van der Waals surface area contributed by atoms with Gasteiger partial charge in [-0.3, -0.25) is 4.79 Å². The molecule has 0 fully saturated rings. The molecule has 2 aromatic rings. The average molecular weight is 333 g/mol. The number of aryl methyl sites for hydroxylation is 1. The maximum absolute atomic E-state index is 12.2. The van der Waals surface area contributed by atoms with E-state index in [2.05, 4.69) is 4.72 Å². The number of phenolic OH excluding ortho intramolecular Hbond substituents is 1. The number of benzene rings is 2. The molecule has 0 spiro atoms. The molecule has 2 rings (SSSR count). The highest BCUT2D eigenvalue weighted by Gasteiger charge is 2.14. The lowest BCUT2D eigenvalue weighted by atomic mass is 10.1. The van der Waals surface area contributed by atoms with E-state index in [4.69, 9.17) is 0 Å². The topological polar surface area (TPSA) is 83.5 Å². The minimum Gasteiger partial charge on any atom is -0.508 e. The monoisotopic (exact) mass is 333 g/mol. The largest absolute Gasteiger partial charge is 0.508 e. The van der Waals surface area contributed by atoms with E-state index in [1.54, 1.807) is 30.3 Å². The summed E-state index contributed by atoms with van der Waals surface area (Å²) < 4.78 is 26.9. The Morgan fingerprint density at radius 3 is 2.57 bits per heavy atom. The van der Waals surface area contributed by atoms with Crippen LogP contribution in [0.2, 0.25) is 0 Å². The third-order valence-corrected chi connectivity index (χ3v) is 4.85. The Labute approximate surface area is 136 Å². The van der Waals surface area contributed by atoms with Gasteiger partial charge in [0, 0.05) is 12.1 Å².